The predicted octanol–water partition coefficient (Wildman–Crippen LogP) is 2.20. The van der Waals surface area contributed by atoms with Crippen LogP contribution >= 0.6 is 0 Å². The fourth-order valence-corrected chi connectivity index (χ4v) is 3.05. The Morgan fingerprint density at radius 1 is 1.25 bits per heavy atom. The van der Waals surface area contributed by atoms with E-state index in [2.05, 4.69) is 5.32 Å². The van der Waals surface area contributed by atoms with Crippen molar-refractivity contribution >= 4 is 18.1 Å². The largest absolute Gasteiger partial charge is 0.523 e. The molecule has 0 saturated carbocycles. The van der Waals surface area contributed by atoms with Crippen LogP contribution < -0.4 is 5.32 Å². The zero-order valence-electron chi connectivity index (χ0n) is 14.0. The highest BCUT2D eigenvalue weighted by Gasteiger charge is 2.53. The molecule has 2 rings (SSSR count). The van der Waals surface area contributed by atoms with Crippen LogP contribution in [0.2, 0.25) is 0 Å². The minimum absolute atomic E-state index is 0.119. The number of methoxy groups -OCH3 is 1. The number of hydrogen-bond donors (Lipinski definition) is 1. The number of nitrogens with zero attached hydrogens (tertiary/aromatic N) is 1. The standard InChI is InChI=1S/C17H22N2O5/c1-13-7-6-10-19(13,17(22)23-2)15(20)11-18-16(21)24-12-14-8-4-3-5-9-14/h3-5,8-9,13H,6-7,10-12H2,1-2H3/p+1/t13-,19?/m1/s1. The number of nitrogens with one attached hydrogen (secondary N) is 1. The monoisotopic (exact) mass is 335 g/mol. The molecule has 1 aromatic rings. The third-order valence-corrected chi connectivity index (χ3v) is 4.43. The SMILES string of the molecule is COC(=O)[N+]1(C(=O)CNC(=O)OCc2ccccc2)CCC[C@H]1C. The summed E-state index contributed by atoms with van der Waals surface area (Å²) in [5.41, 5.74) is 0.852. The molecule has 2 atom stereocenters. The molecular formula is C17H23N2O5+. The third-order valence-electron chi connectivity index (χ3n) is 4.43. The lowest BCUT2D eigenvalue weighted by Gasteiger charge is -2.30. The number of imide groups is 1. The quantitative estimate of drug-likeness (QED) is 0.853. The summed E-state index contributed by atoms with van der Waals surface area (Å²) >= 11 is 0. The third kappa shape index (κ3) is 3.73. The highest BCUT2D eigenvalue weighted by molar-refractivity contribution is 5.85. The van der Waals surface area contributed by atoms with Gasteiger partial charge >= 0.3 is 18.1 Å². The number of amides is 3. The first-order valence-corrected chi connectivity index (χ1v) is 7.95. The molecule has 0 spiro atoms. The highest BCUT2D eigenvalue weighted by Crippen LogP contribution is 2.28. The Kier molecular flexibility index (Phi) is 5.92. The normalized spacial score (nSPS) is 22.7. The molecular weight excluding hydrogens is 312 g/mol. The average molecular weight is 335 g/mol. The second kappa shape index (κ2) is 7.92. The van der Waals surface area contributed by atoms with Crippen LogP contribution in [-0.2, 0) is 20.9 Å². The molecule has 1 fully saturated rings. The molecule has 24 heavy (non-hydrogen) atoms. The van der Waals surface area contributed by atoms with Gasteiger partial charge in [-0.25, -0.2) is 9.59 Å². The Morgan fingerprint density at radius 2 is 1.96 bits per heavy atom. The van der Waals surface area contributed by atoms with E-state index in [-0.39, 0.29) is 29.6 Å². The van der Waals surface area contributed by atoms with Gasteiger partial charge in [0.25, 0.3) is 0 Å². The summed E-state index contributed by atoms with van der Waals surface area (Å²) in [6.45, 7) is 2.09. The van der Waals surface area contributed by atoms with E-state index < -0.39 is 12.2 Å². The molecule has 7 heteroatoms. The molecule has 1 aromatic carbocycles. The summed E-state index contributed by atoms with van der Waals surface area (Å²) < 4.78 is 9.49. The van der Waals surface area contributed by atoms with Crippen LogP contribution in [-0.4, -0.2) is 48.8 Å². The first kappa shape index (κ1) is 17.9. The highest BCUT2D eigenvalue weighted by atomic mass is 16.6. The van der Waals surface area contributed by atoms with Crippen molar-refractivity contribution in [2.45, 2.75) is 32.4 Å². The van der Waals surface area contributed by atoms with Crippen molar-refractivity contribution in [3.8, 4) is 0 Å². The zero-order valence-corrected chi connectivity index (χ0v) is 14.0. The van der Waals surface area contributed by atoms with E-state index in [1.807, 2.05) is 37.3 Å². The molecule has 3 amide bonds. The number of likely N-dealkylation sites (tertiary alicyclic amines) is 1. The van der Waals surface area contributed by atoms with Crippen LogP contribution in [0.15, 0.2) is 30.3 Å². The Labute approximate surface area is 141 Å². The summed E-state index contributed by atoms with van der Waals surface area (Å²) in [6, 6.07) is 9.07. The number of benzene rings is 1. The summed E-state index contributed by atoms with van der Waals surface area (Å²) in [5.74, 6) is -0.386. The van der Waals surface area contributed by atoms with Crippen molar-refractivity contribution in [3.63, 3.8) is 0 Å². The van der Waals surface area contributed by atoms with E-state index in [1.54, 1.807) is 0 Å². The Balaban J connectivity index is 1.89. The van der Waals surface area contributed by atoms with Crippen molar-refractivity contribution in [2.24, 2.45) is 0 Å². The van der Waals surface area contributed by atoms with Crippen molar-refractivity contribution in [1.82, 2.24) is 5.32 Å². The average Bonchev–Trinajstić information content (AvgIpc) is 3.00. The summed E-state index contributed by atoms with van der Waals surface area (Å²) in [6.07, 6.45) is 0.256. The van der Waals surface area contributed by atoms with Gasteiger partial charge in [-0.15, -0.1) is 0 Å². The van der Waals surface area contributed by atoms with Crippen molar-refractivity contribution in [1.29, 1.82) is 0 Å². The topological polar surface area (TPSA) is 81.7 Å². The van der Waals surface area contributed by atoms with Gasteiger partial charge in [-0.3, -0.25) is 0 Å². The fourth-order valence-electron chi connectivity index (χ4n) is 3.05. The number of alkyl carbamates (subject to hydrolysis) is 1. The second-order valence-electron chi connectivity index (χ2n) is 5.86. The molecule has 0 radical (unpaired) electrons. The Hall–Kier alpha value is -2.41. The minimum Gasteiger partial charge on any atom is -0.445 e. The van der Waals surface area contributed by atoms with Crippen molar-refractivity contribution < 1.29 is 28.3 Å². The molecule has 0 aromatic heterocycles. The number of ether oxygens (including phenoxy) is 2. The molecule has 1 aliphatic heterocycles. The van der Waals surface area contributed by atoms with Crippen LogP contribution in [0.1, 0.15) is 25.3 Å². The Bertz CT molecular complexity index is 604. The van der Waals surface area contributed by atoms with E-state index in [1.165, 1.54) is 7.11 Å². The summed E-state index contributed by atoms with van der Waals surface area (Å²) in [4.78, 5) is 36.4. The summed E-state index contributed by atoms with van der Waals surface area (Å²) in [7, 11) is 1.27. The van der Waals surface area contributed by atoms with E-state index in [4.69, 9.17) is 9.47 Å². The predicted molar refractivity (Wildman–Crippen MR) is 85.9 cm³/mol. The number of rotatable bonds is 4. The zero-order chi connectivity index (χ0) is 17.6. The first-order valence-electron chi connectivity index (χ1n) is 7.95. The van der Waals surface area contributed by atoms with Crippen molar-refractivity contribution in [3.05, 3.63) is 35.9 Å². The van der Waals surface area contributed by atoms with Crippen LogP contribution in [0.25, 0.3) is 0 Å². The van der Waals surface area contributed by atoms with Crippen LogP contribution in [0, 0.1) is 0 Å². The van der Waals surface area contributed by atoms with Gasteiger partial charge in [-0.05, 0) is 12.5 Å². The maximum Gasteiger partial charge on any atom is 0.523 e. The lowest BCUT2D eigenvalue weighted by atomic mass is 10.2. The molecule has 1 unspecified atom stereocenters. The molecule has 130 valence electrons. The number of quaternary nitrogens is 1. The number of carbonyl (C=O) groups is 3. The smallest absolute Gasteiger partial charge is 0.445 e. The van der Waals surface area contributed by atoms with E-state index in [0.717, 1.165) is 18.4 Å². The molecule has 1 N–H and O–H groups in total. The van der Waals surface area contributed by atoms with Gasteiger partial charge in [-0.1, -0.05) is 30.3 Å². The first-order chi connectivity index (χ1) is 11.5. The minimum atomic E-state index is -0.693. The molecule has 1 heterocycles. The maximum atomic E-state index is 12.6. The van der Waals surface area contributed by atoms with Gasteiger partial charge < -0.3 is 14.8 Å². The van der Waals surface area contributed by atoms with Crippen LogP contribution in [0.3, 0.4) is 0 Å². The van der Waals surface area contributed by atoms with Crippen LogP contribution in [0.4, 0.5) is 9.59 Å². The van der Waals surface area contributed by atoms with Gasteiger partial charge in [0.1, 0.15) is 19.2 Å². The molecule has 0 aliphatic carbocycles. The lowest BCUT2D eigenvalue weighted by molar-refractivity contribution is -0.792. The van der Waals surface area contributed by atoms with E-state index in [0.29, 0.717) is 6.54 Å². The summed E-state index contributed by atoms with van der Waals surface area (Å²) in [5, 5.41) is 2.42. The molecule has 0 bridgehead atoms. The Morgan fingerprint density at radius 3 is 2.54 bits per heavy atom. The van der Waals surface area contributed by atoms with E-state index >= 15 is 0 Å². The second-order valence-corrected chi connectivity index (χ2v) is 5.86. The molecule has 1 saturated heterocycles. The lowest BCUT2D eigenvalue weighted by Crippen LogP contribution is -2.61. The van der Waals surface area contributed by atoms with Gasteiger partial charge in [0, 0.05) is 12.8 Å². The maximum absolute atomic E-state index is 12.6. The van der Waals surface area contributed by atoms with Gasteiger partial charge in [0.15, 0.2) is 0 Å². The van der Waals surface area contributed by atoms with Gasteiger partial charge in [-0.2, -0.15) is 9.28 Å². The van der Waals surface area contributed by atoms with Gasteiger partial charge in [0.05, 0.1) is 13.7 Å². The van der Waals surface area contributed by atoms with Crippen molar-refractivity contribution in [2.75, 3.05) is 20.2 Å². The fraction of sp³-hybridized carbons (Fsp3) is 0.471. The number of carbonyl (C=O) groups excluding carboxylic acids is 3. The van der Waals surface area contributed by atoms with Gasteiger partial charge in [0.2, 0.25) is 0 Å². The molecule has 7 nitrogen and oxygen atoms in total. The van der Waals surface area contributed by atoms with Crippen LogP contribution in [0.5, 0.6) is 0 Å². The van der Waals surface area contributed by atoms with E-state index in [9.17, 15) is 14.4 Å². The number of hydrogen-bond acceptors (Lipinski definition) is 5. The molecule has 1 aliphatic rings.